The molecule has 2 N–H and O–H groups in total. The third-order valence-electron chi connectivity index (χ3n) is 8.28. The Kier molecular flexibility index (Phi) is 9.08. The van der Waals surface area contributed by atoms with E-state index in [-0.39, 0.29) is 23.6 Å². The minimum absolute atomic E-state index is 0.0171. The molecule has 2 saturated heterocycles. The van der Waals surface area contributed by atoms with Crippen molar-refractivity contribution in [3.05, 3.63) is 72.0 Å². The fraction of sp³-hybridized carbons (Fsp3) is 0.406. The second-order valence-electron chi connectivity index (χ2n) is 11.0. The van der Waals surface area contributed by atoms with Gasteiger partial charge in [0.25, 0.3) is 5.91 Å². The third kappa shape index (κ3) is 6.27. The molecule has 5 heterocycles. The van der Waals surface area contributed by atoms with Gasteiger partial charge >= 0.3 is 0 Å². The zero-order chi connectivity index (χ0) is 30.5. The topological polar surface area (TPSA) is 110 Å². The summed E-state index contributed by atoms with van der Waals surface area (Å²) in [5.74, 6) is -0.122. The number of benzene rings is 1. The first-order valence-electron chi connectivity index (χ1n) is 15.0. The highest BCUT2D eigenvalue weighted by Crippen LogP contribution is 2.36. The monoisotopic (exact) mass is 604 g/mol. The van der Waals surface area contributed by atoms with Crippen LogP contribution >= 0.6 is 0 Å². The van der Waals surface area contributed by atoms with E-state index in [0.29, 0.717) is 54.4 Å². The highest BCUT2D eigenvalue weighted by Gasteiger charge is 2.30. The summed E-state index contributed by atoms with van der Waals surface area (Å²) < 4.78 is 33.4. The van der Waals surface area contributed by atoms with Crippen molar-refractivity contribution in [2.24, 2.45) is 0 Å². The maximum atomic E-state index is 14.6. The molecule has 2 fully saturated rings. The Morgan fingerprint density at radius 1 is 1.23 bits per heavy atom. The second-order valence-corrected chi connectivity index (χ2v) is 11.0. The number of nitrogens with zero attached hydrogens (tertiary/aromatic N) is 4. The molecule has 6 rings (SSSR count). The van der Waals surface area contributed by atoms with Gasteiger partial charge in [0.05, 0.1) is 55.2 Å². The van der Waals surface area contributed by atoms with Gasteiger partial charge in [-0.2, -0.15) is 0 Å². The standard InChI is InChI=1S/C32H37FN6O5/c1-42-31-25(33)6-2-7-26(31)36-39-27-10-12-35-32(41)24(27)19-28(39)23-9-11-34-20-29(23)44-21-22-5-3-14-38(22)30(40)8-4-13-37-15-17-43-18-16-37/h2,4,6-9,11,19-20,22,36H,3,5,10,12-18,21H2,1H3,(H,35,41)/b8-4+/t22-/m0/s1. The van der Waals surface area contributed by atoms with E-state index in [0.717, 1.165) is 51.4 Å². The van der Waals surface area contributed by atoms with Crippen molar-refractivity contribution in [3.8, 4) is 22.8 Å². The number of anilines is 1. The van der Waals surface area contributed by atoms with E-state index in [1.54, 1.807) is 41.3 Å². The fourth-order valence-electron chi connectivity index (χ4n) is 6.01. The van der Waals surface area contributed by atoms with Crippen LogP contribution in [0.1, 0.15) is 28.9 Å². The first kappa shape index (κ1) is 29.6. The molecular formula is C32H37FN6O5. The van der Waals surface area contributed by atoms with Crippen molar-refractivity contribution in [1.82, 2.24) is 24.8 Å². The summed E-state index contributed by atoms with van der Waals surface area (Å²) in [4.78, 5) is 34.3. The SMILES string of the molecule is COc1c(F)cccc1Nn1c(-c2ccncc2OC[C@@H]2CCCN2C(=O)/C=C/CN2CCOCC2)cc2c1CCNC2=O. The number of ether oxygens (including phenoxy) is 3. The summed E-state index contributed by atoms with van der Waals surface area (Å²) in [5.41, 5.74) is 6.32. The number of nitrogens with one attached hydrogen (secondary N) is 2. The lowest BCUT2D eigenvalue weighted by molar-refractivity contribution is -0.127. The van der Waals surface area contributed by atoms with Gasteiger partial charge in [-0.1, -0.05) is 12.1 Å². The van der Waals surface area contributed by atoms with E-state index in [2.05, 4.69) is 20.6 Å². The molecule has 3 aliphatic heterocycles. The molecule has 12 heteroatoms. The lowest BCUT2D eigenvalue weighted by Crippen LogP contribution is -2.38. The maximum absolute atomic E-state index is 14.6. The largest absolute Gasteiger partial charge is 0.492 e. The Bertz CT molecular complexity index is 1540. The van der Waals surface area contributed by atoms with Crippen LogP contribution in [0.2, 0.25) is 0 Å². The summed E-state index contributed by atoms with van der Waals surface area (Å²) >= 11 is 0. The smallest absolute Gasteiger partial charge is 0.253 e. The van der Waals surface area contributed by atoms with Crippen LogP contribution in [0, 0.1) is 5.82 Å². The third-order valence-corrected chi connectivity index (χ3v) is 8.28. The maximum Gasteiger partial charge on any atom is 0.253 e. The van der Waals surface area contributed by atoms with Crippen LogP contribution in [-0.2, 0) is 16.0 Å². The number of aromatic nitrogens is 2. The van der Waals surface area contributed by atoms with Crippen LogP contribution in [-0.4, -0.2) is 97.0 Å². The van der Waals surface area contributed by atoms with Crippen LogP contribution in [0.3, 0.4) is 0 Å². The zero-order valence-corrected chi connectivity index (χ0v) is 24.8. The second kappa shape index (κ2) is 13.5. The van der Waals surface area contributed by atoms with Gasteiger partial charge in [0.15, 0.2) is 11.6 Å². The summed E-state index contributed by atoms with van der Waals surface area (Å²) in [7, 11) is 1.41. The van der Waals surface area contributed by atoms with Gasteiger partial charge in [-0.3, -0.25) is 29.6 Å². The molecule has 2 aromatic heterocycles. The lowest BCUT2D eigenvalue weighted by Gasteiger charge is -2.26. The molecule has 3 aliphatic rings. The zero-order valence-electron chi connectivity index (χ0n) is 24.8. The quantitative estimate of drug-likeness (QED) is 0.340. The Morgan fingerprint density at radius 2 is 2.09 bits per heavy atom. The molecule has 0 saturated carbocycles. The predicted octanol–water partition coefficient (Wildman–Crippen LogP) is 3.12. The number of rotatable bonds is 10. The van der Waals surface area contributed by atoms with Gasteiger partial charge in [-0.25, -0.2) is 4.39 Å². The number of pyridine rings is 1. The average molecular weight is 605 g/mol. The lowest BCUT2D eigenvalue weighted by atomic mass is 10.1. The van der Waals surface area contributed by atoms with E-state index >= 15 is 0 Å². The molecule has 2 amide bonds. The first-order valence-corrected chi connectivity index (χ1v) is 15.0. The normalized spacial score (nSPS) is 18.7. The van der Waals surface area contributed by atoms with Gasteiger partial charge in [-0.15, -0.1) is 0 Å². The minimum Gasteiger partial charge on any atom is -0.492 e. The minimum atomic E-state index is -0.502. The molecule has 0 spiro atoms. The molecule has 11 nitrogen and oxygen atoms in total. The number of carbonyl (C=O) groups is 2. The summed E-state index contributed by atoms with van der Waals surface area (Å²) in [5, 5.41) is 2.89. The van der Waals surface area contributed by atoms with Crippen molar-refractivity contribution in [2.45, 2.75) is 25.3 Å². The number of methoxy groups -OCH3 is 1. The fourth-order valence-corrected chi connectivity index (χ4v) is 6.01. The van der Waals surface area contributed by atoms with Crippen molar-refractivity contribution in [2.75, 3.05) is 65.1 Å². The summed E-state index contributed by atoms with van der Waals surface area (Å²) in [6.07, 6.45) is 9.20. The van der Waals surface area contributed by atoms with Crippen molar-refractivity contribution in [3.63, 3.8) is 0 Å². The predicted molar refractivity (Wildman–Crippen MR) is 162 cm³/mol. The summed E-state index contributed by atoms with van der Waals surface area (Å²) in [6, 6.07) is 8.18. The van der Waals surface area contributed by atoms with Crippen molar-refractivity contribution >= 4 is 17.5 Å². The number of hydrogen-bond donors (Lipinski definition) is 2. The molecule has 1 aromatic carbocycles. The molecule has 44 heavy (non-hydrogen) atoms. The van der Waals surface area contributed by atoms with Gasteiger partial charge < -0.3 is 24.4 Å². The molecule has 232 valence electrons. The Balaban J connectivity index is 1.22. The van der Waals surface area contributed by atoms with E-state index in [1.165, 1.54) is 13.2 Å². The van der Waals surface area contributed by atoms with Crippen LogP contribution in [0.15, 0.2) is 54.9 Å². The van der Waals surface area contributed by atoms with E-state index in [9.17, 15) is 14.0 Å². The number of para-hydroxylation sites is 1. The number of carbonyl (C=O) groups excluding carboxylic acids is 2. The van der Waals surface area contributed by atoms with Crippen LogP contribution in [0.5, 0.6) is 11.5 Å². The molecule has 0 radical (unpaired) electrons. The highest BCUT2D eigenvalue weighted by molar-refractivity contribution is 5.98. The Morgan fingerprint density at radius 3 is 2.93 bits per heavy atom. The molecule has 0 bridgehead atoms. The molecule has 3 aromatic rings. The molecule has 0 unspecified atom stereocenters. The van der Waals surface area contributed by atoms with E-state index < -0.39 is 5.82 Å². The first-order chi connectivity index (χ1) is 21.5. The number of likely N-dealkylation sites (tertiary alicyclic amines) is 1. The molecule has 1 atom stereocenters. The van der Waals surface area contributed by atoms with Crippen LogP contribution in [0.25, 0.3) is 11.3 Å². The molecule has 0 aliphatic carbocycles. The average Bonchev–Trinajstić information content (AvgIpc) is 3.67. The number of morpholine rings is 1. The van der Waals surface area contributed by atoms with Gasteiger partial charge in [0.2, 0.25) is 5.91 Å². The summed E-state index contributed by atoms with van der Waals surface area (Å²) in [6.45, 7) is 5.36. The van der Waals surface area contributed by atoms with Gasteiger partial charge in [0.1, 0.15) is 12.4 Å². The van der Waals surface area contributed by atoms with Crippen LogP contribution in [0.4, 0.5) is 10.1 Å². The number of halogens is 1. The van der Waals surface area contributed by atoms with Gasteiger partial charge in [0, 0.05) is 57.0 Å². The number of amides is 2. The number of hydrogen-bond acceptors (Lipinski definition) is 8. The molecular weight excluding hydrogens is 567 g/mol. The van der Waals surface area contributed by atoms with Crippen LogP contribution < -0.4 is 20.2 Å². The van der Waals surface area contributed by atoms with Crippen molar-refractivity contribution in [1.29, 1.82) is 0 Å². The Labute approximate surface area is 255 Å². The van der Waals surface area contributed by atoms with E-state index in [4.69, 9.17) is 14.2 Å². The van der Waals surface area contributed by atoms with E-state index in [1.807, 2.05) is 17.0 Å². The number of fused-ring (bicyclic) bond motifs is 1. The van der Waals surface area contributed by atoms with Crippen molar-refractivity contribution < 1.29 is 28.2 Å². The van der Waals surface area contributed by atoms with Gasteiger partial charge in [-0.05, 0) is 37.1 Å². The Hall–Kier alpha value is -4.42. The highest BCUT2D eigenvalue weighted by atomic mass is 19.1.